The normalized spacial score (nSPS) is 11.0. The van der Waals surface area contributed by atoms with Crippen molar-refractivity contribution in [3.05, 3.63) is 113 Å². The van der Waals surface area contributed by atoms with Gasteiger partial charge in [-0.1, -0.05) is 54.5 Å². The maximum absolute atomic E-state index is 13.4. The zero-order chi connectivity index (χ0) is 34.3. The van der Waals surface area contributed by atoms with Crippen LogP contribution in [0.25, 0.3) is 22.2 Å². The number of nitrogens with zero attached hydrogens (tertiary/aromatic N) is 5. The van der Waals surface area contributed by atoms with Crippen LogP contribution in [0.3, 0.4) is 0 Å². The lowest BCUT2D eigenvalue weighted by atomic mass is 9.98. The number of tetrazole rings is 1. The van der Waals surface area contributed by atoms with E-state index >= 15 is 0 Å². The second-order valence-corrected chi connectivity index (χ2v) is 11.6. The smallest absolute Gasteiger partial charge is 0.270 e. The summed E-state index contributed by atoms with van der Waals surface area (Å²) < 4.78 is 13.1. The Bertz CT molecular complexity index is 2090. The number of carbonyl (C=O) groups is 2. The molecule has 0 saturated carbocycles. The number of H-pyrrole nitrogens is 1. The highest BCUT2D eigenvalue weighted by molar-refractivity contribution is 6.08. The van der Waals surface area contributed by atoms with Crippen molar-refractivity contribution in [2.75, 3.05) is 26.1 Å². The summed E-state index contributed by atoms with van der Waals surface area (Å²) in [5, 5.41) is 19.2. The third kappa shape index (κ3) is 7.28. The number of benzene rings is 4. The highest BCUT2D eigenvalue weighted by atomic mass is 16.5. The van der Waals surface area contributed by atoms with Crippen LogP contribution in [0.1, 0.15) is 56.6 Å². The Balaban J connectivity index is 1.22. The van der Waals surface area contributed by atoms with Crippen LogP contribution in [0.15, 0.2) is 78.9 Å². The van der Waals surface area contributed by atoms with E-state index in [0.29, 0.717) is 30.6 Å². The molecule has 0 spiro atoms. The molecular weight excluding hydrogens is 620 g/mol. The molecule has 0 aliphatic carbocycles. The predicted octanol–water partition coefficient (Wildman–Crippen LogP) is 5.77. The van der Waals surface area contributed by atoms with Crippen molar-refractivity contribution in [3.63, 3.8) is 0 Å². The van der Waals surface area contributed by atoms with E-state index in [1.807, 2.05) is 67.6 Å². The van der Waals surface area contributed by atoms with E-state index in [1.54, 1.807) is 20.3 Å². The van der Waals surface area contributed by atoms with Crippen LogP contribution in [-0.2, 0) is 19.4 Å². The average Bonchev–Trinajstić information content (AvgIpc) is 3.76. The summed E-state index contributed by atoms with van der Waals surface area (Å²) in [5.74, 6) is 2.09. The number of ether oxygens (including phenoxy) is 2. The van der Waals surface area contributed by atoms with Crippen molar-refractivity contribution in [1.82, 2.24) is 35.5 Å². The van der Waals surface area contributed by atoms with Gasteiger partial charge in [0.1, 0.15) is 17.3 Å². The first-order valence-electron chi connectivity index (χ1n) is 16.1. The Hall–Kier alpha value is -6.04. The quantitative estimate of drug-likeness (QED) is 0.142. The first-order chi connectivity index (χ1) is 23.9. The molecule has 12 nitrogen and oxygen atoms in total. The molecule has 0 bridgehead atoms. The van der Waals surface area contributed by atoms with E-state index in [-0.39, 0.29) is 17.8 Å². The van der Waals surface area contributed by atoms with Crippen molar-refractivity contribution in [2.24, 2.45) is 0 Å². The summed E-state index contributed by atoms with van der Waals surface area (Å²) in [5.41, 5.74) is 7.52. The van der Waals surface area contributed by atoms with Crippen molar-refractivity contribution in [3.8, 4) is 22.6 Å². The van der Waals surface area contributed by atoms with Crippen molar-refractivity contribution >= 4 is 28.8 Å². The van der Waals surface area contributed by atoms with Gasteiger partial charge in [0.15, 0.2) is 0 Å². The number of anilines is 1. The molecule has 12 heteroatoms. The SMILES string of the molecule is CCCc1nc2c(C)cc(C(=O)NCCc3cc(OC)ccc3OC)cc2n1Cc1ccc(-c2ccccc2C(=O)Nc2nn[nH]n2)cc1. The number of aromatic amines is 1. The number of amides is 2. The first-order valence-corrected chi connectivity index (χ1v) is 16.1. The number of aromatic nitrogens is 6. The van der Waals surface area contributed by atoms with Gasteiger partial charge in [-0.15, -0.1) is 5.10 Å². The number of rotatable bonds is 13. The topological polar surface area (TPSA) is 149 Å². The molecule has 0 unspecified atom stereocenters. The molecule has 250 valence electrons. The molecule has 0 aliphatic rings. The van der Waals surface area contributed by atoms with Crippen LogP contribution >= 0.6 is 0 Å². The Morgan fingerprint density at radius 3 is 2.47 bits per heavy atom. The van der Waals surface area contributed by atoms with Gasteiger partial charge >= 0.3 is 0 Å². The minimum absolute atomic E-state index is 0.107. The number of aryl methyl sites for hydroxylation is 2. The molecule has 2 amide bonds. The minimum atomic E-state index is -0.328. The highest BCUT2D eigenvalue weighted by Crippen LogP contribution is 2.28. The predicted molar refractivity (Wildman–Crippen MR) is 187 cm³/mol. The number of carbonyl (C=O) groups excluding carboxylic acids is 2. The van der Waals surface area contributed by atoms with Gasteiger partial charge in [-0.2, -0.15) is 5.21 Å². The van der Waals surface area contributed by atoms with Gasteiger partial charge in [0.25, 0.3) is 17.8 Å². The fourth-order valence-corrected chi connectivity index (χ4v) is 5.94. The number of hydrogen-bond donors (Lipinski definition) is 3. The van der Waals surface area contributed by atoms with Gasteiger partial charge in [-0.05, 0) is 89.2 Å². The van der Waals surface area contributed by atoms with Crippen LogP contribution in [0, 0.1) is 6.92 Å². The van der Waals surface area contributed by atoms with E-state index in [9.17, 15) is 9.59 Å². The lowest BCUT2D eigenvalue weighted by molar-refractivity contribution is 0.0953. The first kappa shape index (κ1) is 32.9. The number of nitrogens with one attached hydrogen (secondary N) is 3. The van der Waals surface area contributed by atoms with Crippen LogP contribution < -0.4 is 20.1 Å². The highest BCUT2D eigenvalue weighted by Gasteiger charge is 2.18. The monoisotopic (exact) mass is 658 g/mol. The number of hydrogen-bond acceptors (Lipinski definition) is 8. The van der Waals surface area contributed by atoms with Gasteiger partial charge in [0, 0.05) is 30.6 Å². The number of methoxy groups -OCH3 is 2. The zero-order valence-corrected chi connectivity index (χ0v) is 27.9. The summed E-state index contributed by atoms with van der Waals surface area (Å²) in [6, 6.07) is 25.0. The molecule has 6 rings (SSSR count). The Morgan fingerprint density at radius 2 is 1.73 bits per heavy atom. The molecule has 2 aromatic heterocycles. The average molecular weight is 659 g/mol. The van der Waals surface area contributed by atoms with Crippen LogP contribution in [0.2, 0.25) is 0 Å². The molecule has 0 saturated heterocycles. The number of imidazole rings is 1. The summed E-state index contributed by atoms with van der Waals surface area (Å²) in [6.45, 7) is 5.14. The Kier molecular flexibility index (Phi) is 9.93. The summed E-state index contributed by atoms with van der Waals surface area (Å²) >= 11 is 0. The lowest BCUT2D eigenvalue weighted by Gasteiger charge is -2.13. The lowest BCUT2D eigenvalue weighted by Crippen LogP contribution is -2.26. The Labute approximate surface area is 283 Å². The fraction of sp³-hybridized carbons (Fsp3) is 0.243. The molecule has 3 N–H and O–H groups in total. The van der Waals surface area contributed by atoms with E-state index < -0.39 is 0 Å². The molecule has 6 aromatic rings. The fourth-order valence-electron chi connectivity index (χ4n) is 5.94. The zero-order valence-electron chi connectivity index (χ0n) is 27.9. The minimum Gasteiger partial charge on any atom is -0.497 e. The molecule has 0 atom stereocenters. The van der Waals surface area contributed by atoms with Crippen molar-refractivity contribution < 1.29 is 19.1 Å². The third-order valence-corrected chi connectivity index (χ3v) is 8.37. The second-order valence-electron chi connectivity index (χ2n) is 11.6. The van der Waals surface area contributed by atoms with Crippen LogP contribution in [0.4, 0.5) is 5.95 Å². The van der Waals surface area contributed by atoms with Crippen molar-refractivity contribution in [2.45, 2.75) is 39.7 Å². The Morgan fingerprint density at radius 1 is 0.918 bits per heavy atom. The second kappa shape index (κ2) is 14.8. The standard InChI is InChI=1S/C37H38N8O4/c1-5-8-33-39-34-23(2)19-27(35(46)38-18-17-26-20-28(48-3)15-16-32(26)49-4)21-31(34)45(33)22-24-11-13-25(14-12-24)29-9-6-7-10-30(29)36(47)40-37-41-43-44-42-37/h6-7,9-16,19-21H,5,8,17-18,22H2,1-4H3,(H,38,46)(H2,40,41,42,43,44,47). The van der Waals surface area contributed by atoms with Gasteiger partial charge in [-0.3, -0.25) is 14.9 Å². The molecule has 49 heavy (non-hydrogen) atoms. The van der Waals surface area contributed by atoms with Crippen LogP contribution in [-0.4, -0.2) is 62.8 Å². The molecule has 2 heterocycles. The molecule has 4 aromatic carbocycles. The summed E-state index contributed by atoms with van der Waals surface area (Å²) in [6.07, 6.45) is 2.33. The van der Waals surface area contributed by atoms with Crippen molar-refractivity contribution in [1.29, 1.82) is 0 Å². The van der Waals surface area contributed by atoms with Gasteiger partial charge < -0.3 is 19.4 Å². The van der Waals surface area contributed by atoms with Gasteiger partial charge in [0.05, 0.1) is 25.3 Å². The maximum atomic E-state index is 13.4. The largest absolute Gasteiger partial charge is 0.497 e. The molecule has 0 fully saturated rings. The third-order valence-electron chi connectivity index (χ3n) is 8.37. The van der Waals surface area contributed by atoms with Gasteiger partial charge in [-0.25, -0.2) is 4.98 Å². The van der Waals surface area contributed by atoms with E-state index in [4.69, 9.17) is 14.5 Å². The molecular formula is C37H38N8O4. The summed E-state index contributed by atoms with van der Waals surface area (Å²) in [4.78, 5) is 31.4. The maximum Gasteiger partial charge on any atom is 0.270 e. The van der Waals surface area contributed by atoms with E-state index in [0.717, 1.165) is 69.0 Å². The molecule has 0 aliphatic heterocycles. The molecule has 0 radical (unpaired) electrons. The summed E-state index contributed by atoms with van der Waals surface area (Å²) in [7, 11) is 3.26. The van der Waals surface area contributed by atoms with Gasteiger partial charge in [0.2, 0.25) is 0 Å². The number of fused-ring (bicyclic) bond motifs is 1. The van der Waals surface area contributed by atoms with Crippen LogP contribution in [0.5, 0.6) is 11.5 Å². The van der Waals surface area contributed by atoms with E-state index in [2.05, 4.69) is 54.9 Å². The van der Waals surface area contributed by atoms with E-state index in [1.165, 1.54) is 0 Å².